The summed E-state index contributed by atoms with van der Waals surface area (Å²) < 4.78 is 47.9. The second kappa shape index (κ2) is 11.4. The highest BCUT2D eigenvalue weighted by atomic mass is 32.1. The Morgan fingerprint density at radius 1 is 1.14 bits per heavy atom. The van der Waals surface area contributed by atoms with E-state index in [0.29, 0.717) is 57.4 Å². The maximum atomic E-state index is 12.9. The van der Waals surface area contributed by atoms with E-state index in [1.807, 2.05) is 4.90 Å². The van der Waals surface area contributed by atoms with Gasteiger partial charge in [-0.15, -0.1) is 23.4 Å². The molecule has 11 nitrogen and oxygen atoms in total. The Morgan fingerprint density at radius 3 is 2.56 bits per heavy atom. The number of anilines is 3. The zero-order chi connectivity index (χ0) is 25.7. The quantitative estimate of drug-likeness (QED) is 0.492. The minimum Gasteiger partial charge on any atom is -0.404 e. The lowest BCUT2D eigenvalue weighted by atomic mass is 10.1. The number of hydrogen-bond acceptors (Lipinski definition) is 10. The molecule has 36 heavy (non-hydrogen) atoms. The van der Waals surface area contributed by atoms with Crippen LogP contribution in [0.1, 0.15) is 23.2 Å². The van der Waals surface area contributed by atoms with Gasteiger partial charge in [-0.3, -0.25) is 19.8 Å². The maximum Gasteiger partial charge on any atom is 0.573 e. The van der Waals surface area contributed by atoms with Gasteiger partial charge in [-0.1, -0.05) is 11.3 Å². The number of benzene rings is 1. The van der Waals surface area contributed by atoms with Crippen LogP contribution in [0, 0.1) is 0 Å². The Bertz CT molecular complexity index is 1070. The summed E-state index contributed by atoms with van der Waals surface area (Å²) in [5.74, 6) is -1.84. The summed E-state index contributed by atoms with van der Waals surface area (Å²) >= 11 is 1.14. The summed E-state index contributed by atoms with van der Waals surface area (Å²) in [6.07, 6.45) is -4.12. The average Bonchev–Trinajstić information content (AvgIpc) is 3.28. The summed E-state index contributed by atoms with van der Waals surface area (Å²) in [6, 6.07) is 3.24. The van der Waals surface area contributed by atoms with Crippen molar-refractivity contribution in [1.29, 1.82) is 0 Å². The first-order valence-electron chi connectivity index (χ1n) is 11.2. The summed E-state index contributed by atoms with van der Waals surface area (Å²) in [7, 11) is 0. The number of piperidine rings is 1. The maximum absolute atomic E-state index is 12.9. The van der Waals surface area contributed by atoms with Gasteiger partial charge >= 0.3 is 6.36 Å². The number of nitrogens with one attached hydrogen (secondary N) is 2. The van der Waals surface area contributed by atoms with E-state index in [4.69, 9.17) is 4.74 Å². The second-order valence-electron chi connectivity index (χ2n) is 8.26. The third-order valence-corrected chi connectivity index (χ3v) is 6.48. The molecule has 2 aliphatic rings. The summed E-state index contributed by atoms with van der Waals surface area (Å²) in [4.78, 5) is 29.0. The van der Waals surface area contributed by atoms with Gasteiger partial charge in [-0.2, -0.15) is 0 Å². The zero-order valence-electron chi connectivity index (χ0n) is 19.1. The lowest BCUT2D eigenvalue weighted by molar-refractivity contribution is -0.274. The van der Waals surface area contributed by atoms with Crippen molar-refractivity contribution in [2.45, 2.75) is 25.3 Å². The molecule has 4 rings (SSSR count). The molecule has 0 bridgehead atoms. The number of rotatable bonds is 7. The van der Waals surface area contributed by atoms with E-state index in [1.54, 1.807) is 4.90 Å². The molecule has 1 aromatic carbocycles. The standard InChI is InChI=1S/C21H25F3N6O5S/c22-21(23,24)35-16-2-1-13(11-15(16)25-17(32)12-29-7-9-34-10-8-29)18(33)26-19-27-28-20(36-19)30-5-3-14(31)4-6-30/h1-2,11,14,31H,3-10,12H2,(H,25,32)(H,26,27,33). The molecule has 0 atom stereocenters. The number of ether oxygens (including phenoxy) is 2. The van der Waals surface area contributed by atoms with E-state index in [0.717, 1.165) is 29.5 Å². The van der Waals surface area contributed by atoms with Crippen molar-refractivity contribution in [3.8, 4) is 5.75 Å². The molecule has 15 heteroatoms. The van der Waals surface area contributed by atoms with Crippen molar-refractivity contribution in [2.24, 2.45) is 0 Å². The lowest BCUT2D eigenvalue weighted by Gasteiger charge is -2.28. The van der Waals surface area contributed by atoms with Gasteiger partial charge in [-0.05, 0) is 31.0 Å². The molecule has 2 saturated heterocycles. The van der Waals surface area contributed by atoms with E-state index in [2.05, 4.69) is 25.6 Å². The largest absolute Gasteiger partial charge is 0.573 e. The second-order valence-corrected chi connectivity index (χ2v) is 9.21. The van der Waals surface area contributed by atoms with Crippen LogP contribution in [0.3, 0.4) is 0 Å². The smallest absolute Gasteiger partial charge is 0.404 e. The first-order chi connectivity index (χ1) is 17.2. The topological polar surface area (TPSA) is 129 Å². The first-order valence-corrected chi connectivity index (χ1v) is 12.1. The highest BCUT2D eigenvalue weighted by molar-refractivity contribution is 7.19. The van der Waals surface area contributed by atoms with Gasteiger partial charge in [0.1, 0.15) is 0 Å². The van der Waals surface area contributed by atoms with Crippen LogP contribution in [0.15, 0.2) is 18.2 Å². The van der Waals surface area contributed by atoms with Gasteiger partial charge in [0.05, 0.1) is 31.5 Å². The Hall–Kier alpha value is -3.01. The minimum absolute atomic E-state index is 0.0101. The van der Waals surface area contributed by atoms with Crippen molar-refractivity contribution in [3.63, 3.8) is 0 Å². The minimum atomic E-state index is -4.99. The van der Waals surface area contributed by atoms with Crippen LogP contribution in [0.5, 0.6) is 5.75 Å². The number of aromatic nitrogens is 2. The average molecular weight is 531 g/mol. The fraction of sp³-hybridized carbons (Fsp3) is 0.524. The fourth-order valence-corrected chi connectivity index (χ4v) is 4.55. The molecule has 3 N–H and O–H groups in total. The van der Waals surface area contributed by atoms with Crippen LogP contribution in [-0.2, 0) is 9.53 Å². The third-order valence-electron chi connectivity index (χ3n) is 5.58. The van der Waals surface area contributed by atoms with Crippen LogP contribution < -0.4 is 20.3 Å². The van der Waals surface area contributed by atoms with Gasteiger partial charge in [-0.25, -0.2) is 0 Å². The van der Waals surface area contributed by atoms with E-state index < -0.39 is 23.9 Å². The number of morpholine rings is 1. The van der Waals surface area contributed by atoms with Crippen molar-refractivity contribution in [2.75, 3.05) is 61.5 Å². The van der Waals surface area contributed by atoms with Gasteiger partial charge in [0.25, 0.3) is 5.91 Å². The van der Waals surface area contributed by atoms with E-state index in [9.17, 15) is 27.9 Å². The highest BCUT2D eigenvalue weighted by Gasteiger charge is 2.33. The number of hydrogen-bond donors (Lipinski definition) is 3. The number of aliphatic hydroxyl groups excluding tert-OH is 1. The molecule has 0 saturated carbocycles. The number of alkyl halides is 3. The predicted molar refractivity (Wildman–Crippen MR) is 124 cm³/mol. The third kappa shape index (κ3) is 7.25. The molecule has 0 aliphatic carbocycles. The van der Waals surface area contributed by atoms with Gasteiger partial charge in [0.2, 0.25) is 16.2 Å². The molecule has 0 unspecified atom stereocenters. The number of nitrogens with zero attached hydrogens (tertiary/aromatic N) is 4. The van der Waals surface area contributed by atoms with Crippen molar-refractivity contribution < 1.29 is 37.3 Å². The van der Waals surface area contributed by atoms with Gasteiger partial charge in [0, 0.05) is 31.7 Å². The number of halogens is 3. The SMILES string of the molecule is O=C(CN1CCOCC1)Nc1cc(C(=O)Nc2nnc(N3CCC(O)CC3)s2)ccc1OC(F)(F)F. The zero-order valence-corrected chi connectivity index (χ0v) is 19.9. The molecule has 2 amide bonds. The van der Waals surface area contributed by atoms with Crippen LogP contribution in [0.4, 0.5) is 29.1 Å². The summed E-state index contributed by atoms with van der Waals surface area (Å²) in [5, 5.41) is 23.4. The van der Waals surface area contributed by atoms with E-state index in [-0.39, 0.29) is 29.0 Å². The summed E-state index contributed by atoms with van der Waals surface area (Å²) in [6.45, 7) is 3.12. The van der Waals surface area contributed by atoms with E-state index in [1.165, 1.54) is 0 Å². The number of carbonyl (C=O) groups excluding carboxylic acids is 2. The molecule has 1 aromatic heterocycles. The molecular weight excluding hydrogens is 505 g/mol. The molecule has 0 spiro atoms. The van der Waals surface area contributed by atoms with Crippen LogP contribution in [0.2, 0.25) is 0 Å². The molecule has 3 heterocycles. The molecule has 2 aliphatic heterocycles. The molecular formula is C21H25F3N6O5S. The Kier molecular flexibility index (Phi) is 8.23. The first kappa shape index (κ1) is 26.1. The summed E-state index contributed by atoms with van der Waals surface area (Å²) in [5.41, 5.74) is -0.299. The number of carbonyl (C=O) groups is 2. The van der Waals surface area contributed by atoms with Crippen molar-refractivity contribution >= 4 is 39.1 Å². The lowest BCUT2D eigenvalue weighted by Crippen LogP contribution is -2.41. The van der Waals surface area contributed by atoms with Crippen molar-refractivity contribution in [3.05, 3.63) is 23.8 Å². The molecule has 2 aromatic rings. The van der Waals surface area contributed by atoms with Crippen LogP contribution in [-0.4, -0.2) is 90.4 Å². The Balaban J connectivity index is 1.45. The normalized spacial score (nSPS) is 17.6. The van der Waals surface area contributed by atoms with Crippen molar-refractivity contribution in [1.82, 2.24) is 15.1 Å². The molecule has 0 radical (unpaired) electrons. The Labute approximate surface area is 208 Å². The van der Waals surface area contributed by atoms with Gasteiger partial charge in [0.15, 0.2) is 5.75 Å². The van der Waals surface area contributed by atoms with E-state index >= 15 is 0 Å². The highest BCUT2D eigenvalue weighted by Crippen LogP contribution is 2.32. The van der Waals surface area contributed by atoms with Crippen LogP contribution >= 0.6 is 11.3 Å². The fourth-order valence-electron chi connectivity index (χ4n) is 3.75. The van der Waals surface area contributed by atoms with Crippen LogP contribution in [0.25, 0.3) is 0 Å². The predicted octanol–water partition coefficient (Wildman–Crippen LogP) is 1.92. The molecule has 2 fully saturated rings. The number of amides is 2. The number of aliphatic hydroxyl groups is 1. The molecule has 196 valence electrons. The monoisotopic (exact) mass is 530 g/mol. The van der Waals surface area contributed by atoms with Gasteiger partial charge < -0.3 is 24.8 Å². The Morgan fingerprint density at radius 2 is 1.86 bits per heavy atom.